The molecule has 0 saturated heterocycles. The number of nitrogens with zero attached hydrogens (tertiary/aromatic N) is 2. The fraction of sp³-hybridized carbons (Fsp3) is 0. The van der Waals surface area contributed by atoms with Gasteiger partial charge < -0.3 is 10.1 Å². The van der Waals surface area contributed by atoms with Gasteiger partial charge in [0.2, 0.25) is 0 Å². The Bertz CT molecular complexity index is 1430. The molecule has 0 fully saturated rings. The zero-order valence-electron chi connectivity index (χ0n) is 16.6. The minimum atomic E-state index is 0.465. The first-order chi connectivity index (χ1) is 15.2. The number of benzene rings is 3. The zero-order valence-corrected chi connectivity index (χ0v) is 17.3. The molecule has 2 N–H and O–H groups in total. The molecular formula is C27H18ClN3. The Kier molecular flexibility index (Phi) is 4.71. The standard InChI is InChI=1S/C27H18ClN3/c28-22-13-11-20(12-14-22)27-26(30)23(17-29)25-16-21(18-7-3-1-4-8-18)15-24(31(25)27)19-9-5-2-6-10-19/h1-16H,30H2. The van der Waals surface area contributed by atoms with Crippen molar-refractivity contribution >= 4 is 22.8 Å². The Morgan fingerprint density at radius 1 is 0.710 bits per heavy atom. The molecule has 0 amide bonds. The van der Waals surface area contributed by atoms with Gasteiger partial charge in [-0.05, 0) is 41.0 Å². The molecule has 148 valence electrons. The van der Waals surface area contributed by atoms with E-state index in [0.29, 0.717) is 16.3 Å². The molecule has 0 saturated carbocycles. The molecule has 5 rings (SSSR count). The fourth-order valence-electron chi connectivity index (χ4n) is 4.03. The van der Waals surface area contributed by atoms with Gasteiger partial charge in [0.05, 0.1) is 22.6 Å². The van der Waals surface area contributed by atoms with Gasteiger partial charge in [0.25, 0.3) is 0 Å². The number of aromatic nitrogens is 1. The third-order valence-corrected chi connectivity index (χ3v) is 5.73. The third-order valence-electron chi connectivity index (χ3n) is 5.48. The summed E-state index contributed by atoms with van der Waals surface area (Å²) in [5, 5.41) is 10.6. The Balaban J connectivity index is 1.93. The number of nitrogen functional groups attached to an aromatic ring is 1. The van der Waals surface area contributed by atoms with Gasteiger partial charge in [-0.1, -0.05) is 84.4 Å². The van der Waals surface area contributed by atoms with Crippen molar-refractivity contribution in [2.75, 3.05) is 5.73 Å². The van der Waals surface area contributed by atoms with E-state index in [2.05, 4.69) is 40.8 Å². The highest BCUT2D eigenvalue weighted by molar-refractivity contribution is 6.30. The summed E-state index contributed by atoms with van der Waals surface area (Å²) in [6, 6.07) is 34.4. The average Bonchev–Trinajstić information content (AvgIpc) is 3.11. The van der Waals surface area contributed by atoms with Gasteiger partial charge in [-0.25, -0.2) is 0 Å². The van der Waals surface area contributed by atoms with Crippen molar-refractivity contribution in [3.8, 4) is 39.7 Å². The zero-order chi connectivity index (χ0) is 21.4. The Morgan fingerprint density at radius 2 is 1.32 bits per heavy atom. The van der Waals surface area contributed by atoms with E-state index in [0.717, 1.165) is 39.2 Å². The van der Waals surface area contributed by atoms with E-state index >= 15 is 0 Å². The molecule has 31 heavy (non-hydrogen) atoms. The van der Waals surface area contributed by atoms with E-state index in [9.17, 15) is 5.26 Å². The van der Waals surface area contributed by atoms with Crippen LogP contribution in [0.15, 0.2) is 97.1 Å². The SMILES string of the molecule is N#Cc1c(N)c(-c2ccc(Cl)cc2)n2c(-c3ccccc3)cc(-c3ccccc3)cc12. The van der Waals surface area contributed by atoms with Crippen LogP contribution in [-0.4, -0.2) is 4.40 Å². The summed E-state index contributed by atoms with van der Waals surface area (Å²) in [6.07, 6.45) is 0. The highest BCUT2D eigenvalue weighted by Crippen LogP contribution is 2.40. The van der Waals surface area contributed by atoms with Crippen LogP contribution < -0.4 is 5.73 Å². The molecule has 4 heteroatoms. The smallest absolute Gasteiger partial charge is 0.104 e. The number of pyridine rings is 1. The van der Waals surface area contributed by atoms with Gasteiger partial charge in [0.1, 0.15) is 11.6 Å². The first-order valence-corrected chi connectivity index (χ1v) is 10.3. The predicted octanol–water partition coefficient (Wildman–Crippen LogP) is 7.05. The monoisotopic (exact) mass is 419 g/mol. The van der Waals surface area contributed by atoms with Gasteiger partial charge >= 0.3 is 0 Å². The number of halogens is 1. The van der Waals surface area contributed by atoms with Crippen molar-refractivity contribution in [2.24, 2.45) is 0 Å². The summed E-state index contributed by atoms with van der Waals surface area (Å²) in [4.78, 5) is 0. The lowest BCUT2D eigenvalue weighted by molar-refractivity contribution is 1.21. The van der Waals surface area contributed by atoms with Crippen LogP contribution in [0.2, 0.25) is 5.02 Å². The second-order valence-corrected chi connectivity index (χ2v) is 7.77. The van der Waals surface area contributed by atoms with E-state index < -0.39 is 0 Å². The van der Waals surface area contributed by atoms with Gasteiger partial charge in [0, 0.05) is 10.6 Å². The average molecular weight is 420 g/mol. The molecule has 2 aromatic heterocycles. The van der Waals surface area contributed by atoms with Crippen molar-refractivity contribution in [1.82, 2.24) is 4.40 Å². The molecule has 2 heterocycles. The lowest BCUT2D eigenvalue weighted by atomic mass is 10.0. The van der Waals surface area contributed by atoms with Crippen molar-refractivity contribution in [3.05, 3.63) is 108 Å². The first kappa shape index (κ1) is 19.0. The van der Waals surface area contributed by atoms with Crippen LogP contribution in [0.25, 0.3) is 39.2 Å². The summed E-state index contributed by atoms with van der Waals surface area (Å²) in [7, 11) is 0. The van der Waals surface area contributed by atoms with Gasteiger partial charge in [-0.15, -0.1) is 0 Å². The van der Waals surface area contributed by atoms with Gasteiger partial charge in [-0.3, -0.25) is 0 Å². The molecule has 3 nitrogen and oxygen atoms in total. The highest BCUT2D eigenvalue weighted by atomic mass is 35.5. The largest absolute Gasteiger partial charge is 0.396 e. The maximum absolute atomic E-state index is 9.98. The van der Waals surface area contributed by atoms with E-state index in [1.807, 2.05) is 66.7 Å². The van der Waals surface area contributed by atoms with Crippen molar-refractivity contribution in [1.29, 1.82) is 5.26 Å². The quantitative estimate of drug-likeness (QED) is 0.340. The summed E-state index contributed by atoms with van der Waals surface area (Å²) < 4.78 is 2.08. The topological polar surface area (TPSA) is 54.2 Å². The Hall–Kier alpha value is -4.00. The van der Waals surface area contributed by atoms with Crippen LogP contribution in [0.5, 0.6) is 0 Å². The molecule has 0 unspecified atom stereocenters. The van der Waals surface area contributed by atoms with Crippen LogP contribution in [-0.2, 0) is 0 Å². The first-order valence-electron chi connectivity index (χ1n) is 9.92. The fourth-order valence-corrected chi connectivity index (χ4v) is 4.15. The van der Waals surface area contributed by atoms with E-state index in [-0.39, 0.29) is 0 Å². The molecule has 0 aliphatic carbocycles. The third kappa shape index (κ3) is 3.24. The van der Waals surface area contributed by atoms with Crippen molar-refractivity contribution < 1.29 is 0 Å². The van der Waals surface area contributed by atoms with E-state index in [1.54, 1.807) is 0 Å². The van der Waals surface area contributed by atoms with Crippen LogP contribution in [0.1, 0.15) is 5.56 Å². The summed E-state index contributed by atoms with van der Waals surface area (Å²) in [5.41, 5.74) is 14.1. The second-order valence-electron chi connectivity index (χ2n) is 7.34. The lowest BCUT2D eigenvalue weighted by Gasteiger charge is -2.14. The number of fused-ring (bicyclic) bond motifs is 1. The number of hydrogen-bond acceptors (Lipinski definition) is 2. The minimum absolute atomic E-state index is 0.465. The number of nitrogens with two attached hydrogens (primary N) is 1. The minimum Gasteiger partial charge on any atom is -0.396 e. The van der Waals surface area contributed by atoms with E-state index in [4.69, 9.17) is 17.3 Å². The van der Waals surface area contributed by atoms with Gasteiger partial charge in [-0.2, -0.15) is 5.26 Å². The summed E-state index contributed by atoms with van der Waals surface area (Å²) in [6.45, 7) is 0. The van der Waals surface area contributed by atoms with E-state index in [1.165, 1.54) is 0 Å². The molecule has 0 aliphatic heterocycles. The molecule has 5 aromatic rings. The molecule has 0 spiro atoms. The predicted molar refractivity (Wildman–Crippen MR) is 128 cm³/mol. The number of anilines is 1. The van der Waals surface area contributed by atoms with Crippen LogP contribution in [0.3, 0.4) is 0 Å². The highest BCUT2D eigenvalue weighted by Gasteiger charge is 2.21. The number of rotatable bonds is 3. The second kappa shape index (κ2) is 7.68. The van der Waals surface area contributed by atoms with Crippen molar-refractivity contribution in [2.45, 2.75) is 0 Å². The normalized spacial score (nSPS) is 10.8. The number of nitriles is 1. The van der Waals surface area contributed by atoms with Crippen LogP contribution in [0, 0.1) is 11.3 Å². The summed E-state index contributed by atoms with van der Waals surface area (Å²) in [5.74, 6) is 0. The number of hydrogen-bond donors (Lipinski definition) is 1. The molecule has 0 atom stereocenters. The Labute approximate surface area is 185 Å². The van der Waals surface area contributed by atoms with Crippen LogP contribution >= 0.6 is 11.6 Å². The molecule has 0 aliphatic rings. The van der Waals surface area contributed by atoms with Crippen molar-refractivity contribution in [3.63, 3.8) is 0 Å². The molecular weight excluding hydrogens is 402 g/mol. The van der Waals surface area contributed by atoms with Gasteiger partial charge in [0.15, 0.2) is 0 Å². The molecule has 0 bridgehead atoms. The molecule has 0 radical (unpaired) electrons. The summed E-state index contributed by atoms with van der Waals surface area (Å²) >= 11 is 6.12. The maximum atomic E-state index is 9.98. The molecule has 3 aromatic carbocycles. The maximum Gasteiger partial charge on any atom is 0.104 e. The van der Waals surface area contributed by atoms with Crippen LogP contribution in [0.4, 0.5) is 5.69 Å². The lowest BCUT2D eigenvalue weighted by Crippen LogP contribution is -1.97. The Morgan fingerprint density at radius 3 is 1.94 bits per heavy atom.